The highest BCUT2D eigenvalue weighted by Gasteiger charge is 2.14. The van der Waals surface area contributed by atoms with E-state index in [1.54, 1.807) is 25.3 Å². The molecule has 0 unspecified atom stereocenters. The first-order valence-electron chi connectivity index (χ1n) is 13.5. The number of ether oxygens (including phenoxy) is 3. The van der Waals surface area contributed by atoms with Crippen LogP contribution in [0, 0.1) is 5.82 Å². The van der Waals surface area contributed by atoms with Crippen LogP contribution in [-0.4, -0.2) is 77.6 Å². The summed E-state index contributed by atoms with van der Waals surface area (Å²) in [6, 6.07) is 14.4. The van der Waals surface area contributed by atoms with Gasteiger partial charge in [0.15, 0.2) is 11.5 Å². The Balaban J connectivity index is 0.000000296. The summed E-state index contributed by atoms with van der Waals surface area (Å²) in [7, 11) is 1.60. The van der Waals surface area contributed by atoms with Crippen LogP contribution >= 0.6 is 11.6 Å². The third-order valence-electron chi connectivity index (χ3n) is 6.39. The lowest BCUT2D eigenvalue weighted by molar-refractivity contribution is -0.131. The topological polar surface area (TPSA) is 126 Å². The number of phenolic OH excluding ortho intramolecular Hbond substituents is 1. The molecule has 0 bridgehead atoms. The summed E-state index contributed by atoms with van der Waals surface area (Å²) in [6.45, 7) is 5.00. The minimum atomic E-state index is -0.983. The molecule has 2 heterocycles. The van der Waals surface area contributed by atoms with Crippen molar-refractivity contribution in [3.63, 3.8) is 0 Å². The van der Waals surface area contributed by atoms with Gasteiger partial charge in [0.25, 0.3) is 0 Å². The summed E-state index contributed by atoms with van der Waals surface area (Å²) in [5.41, 5.74) is 2.06. The number of anilines is 2. The molecule has 1 aliphatic rings. The molecule has 0 amide bonds. The molecule has 3 aromatic carbocycles. The van der Waals surface area contributed by atoms with E-state index in [2.05, 4.69) is 20.2 Å². The van der Waals surface area contributed by atoms with Gasteiger partial charge in [-0.1, -0.05) is 23.7 Å². The standard InChI is InChI=1S/C22H24ClFN4O3.C9H8O3/c1-29-20-13-19-16(12-21(20)31-8-2-5-28-6-9-30-10-7-28)22(26-14-25-19)27-15-3-4-18(24)17(23)11-15;10-8-4-1-7(2-5-8)3-6-9(11)12/h3-4,11-14H,2,5-10H2,1H3,(H,25,26,27);1-6,10H,(H,11,12)/b;6-3+. The van der Waals surface area contributed by atoms with Crippen molar-refractivity contribution < 1.29 is 33.6 Å². The molecule has 4 aromatic rings. The number of morpholine rings is 1. The molecule has 12 heteroatoms. The zero-order valence-electron chi connectivity index (χ0n) is 23.5. The maximum absolute atomic E-state index is 13.5. The molecule has 1 aromatic heterocycles. The van der Waals surface area contributed by atoms with E-state index in [1.165, 1.54) is 36.7 Å². The normalized spacial score (nSPS) is 13.4. The second kappa shape index (κ2) is 15.7. The van der Waals surface area contributed by atoms with Gasteiger partial charge < -0.3 is 29.7 Å². The molecule has 3 N–H and O–H groups in total. The number of methoxy groups -OCH3 is 1. The monoisotopic (exact) mass is 610 g/mol. The summed E-state index contributed by atoms with van der Waals surface area (Å²) in [4.78, 5) is 21.1. The first-order valence-corrected chi connectivity index (χ1v) is 13.9. The zero-order chi connectivity index (χ0) is 30.6. The Kier molecular flexibility index (Phi) is 11.5. The van der Waals surface area contributed by atoms with Crippen molar-refractivity contribution in [2.45, 2.75) is 6.42 Å². The van der Waals surface area contributed by atoms with Crippen LogP contribution in [0.25, 0.3) is 17.0 Å². The molecule has 0 saturated carbocycles. The van der Waals surface area contributed by atoms with Gasteiger partial charge in [-0.3, -0.25) is 4.90 Å². The minimum absolute atomic E-state index is 0.0364. The molecule has 226 valence electrons. The fourth-order valence-corrected chi connectivity index (χ4v) is 4.38. The number of aromatic nitrogens is 2. The van der Waals surface area contributed by atoms with Gasteiger partial charge in [0, 0.05) is 42.9 Å². The summed E-state index contributed by atoms with van der Waals surface area (Å²) in [5.74, 6) is 0.497. The Hall–Kier alpha value is -4.45. The summed E-state index contributed by atoms with van der Waals surface area (Å²) in [6.07, 6.45) is 4.86. The first kappa shape index (κ1) is 31.5. The molecular weight excluding hydrogens is 579 g/mol. The molecule has 1 aliphatic heterocycles. The number of nitrogens with one attached hydrogen (secondary N) is 1. The molecule has 0 aliphatic carbocycles. The molecule has 0 spiro atoms. The average molecular weight is 611 g/mol. The number of carboxylic acid groups (broad SMARTS) is 1. The molecule has 43 heavy (non-hydrogen) atoms. The smallest absolute Gasteiger partial charge is 0.328 e. The van der Waals surface area contributed by atoms with Crippen molar-refractivity contribution in [1.29, 1.82) is 0 Å². The third kappa shape index (κ3) is 9.53. The number of carboxylic acids is 1. The van der Waals surface area contributed by atoms with Crippen molar-refractivity contribution in [2.75, 3.05) is 51.9 Å². The summed E-state index contributed by atoms with van der Waals surface area (Å²) in [5, 5.41) is 21.2. The first-order chi connectivity index (χ1) is 20.8. The van der Waals surface area contributed by atoms with Crippen molar-refractivity contribution in [3.8, 4) is 17.2 Å². The van der Waals surface area contributed by atoms with Crippen LogP contribution in [0.4, 0.5) is 15.9 Å². The van der Waals surface area contributed by atoms with E-state index in [9.17, 15) is 9.18 Å². The lowest BCUT2D eigenvalue weighted by Gasteiger charge is -2.26. The van der Waals surface area contributed by atoms with E-state index in [1.807, 2.05) is 12.1 Å². The lowest BCUT2D eigenvalue weighted by atomic mass is 10.2. The van der Waals surface area contributed by atoms with Crippen LogP contribution in [0.3, 0.4) is 0 Å². The van der Waals surface area contributed by atoms with Crippen LogP contribution in [0.15, 0.2) is 67.0 Å². The van der Waals surface area contributed by atoms with E-state index in [-0.39, 0.29) is 10.8 Å². The highest BCUT2D eigenvalue weighted by molar-refractivity contribution is 6.31. The molecule has 5 rings (SSSR count). The van der Waals surface area contributed by atoms with Gasteiger partial charge in [-0.2, -0.15) is 0 Å². The van der Waals surface area contributed by atoms with Crippen molar-refractivity contribution >= 4 is 46.1 Å². The van der Waals surface area contributed by atoms with Crippen LogP contribution in [0.2, 0.25) is 5.02 Å². The van der Waals surface area contributed by atoms with E-state index in [4.69, 9.17) is 36.0 Å². The zero-order valence-corrected chi connectivity index (χ0v) is 24.3. The molecule has 10 nitrogen and oxygen atoms in total. The van der Waals surface area contributed by atoms with E-state index < -0.39 is 11.8 Å². The number of carbonyl (C=O) groups is 1. The number of aromatic hydroxyl groups is 1. The number of hydrogen-bond acceptors (Lipinski definition) is 9. The van der Waals surface area contributed by atoms with Crippen molar-refractivity contribution in [3.05, 3.63) is 83.4 Å². The number of aliphatic carboxylic acids is 1. The SMILES string of the molecule is COc1cc2ncnc(Nc3ccc(F)c(Cl)c3)c2cc1OCCCN1CCOCC1.O=C(O)/C=C/c1ccc(O)cc1. The predicted molar refractivity (Wildman–Crippen MR) is 163 cm³/mol. The maximum atomic E-state index is 13.5. The van der Waals surface area contributed by atoms with Crippen LogP contribution in [0.1, 0.15) is 12.0 Å². The molecule has 0 radical (unpaired) electrons. The van der Waals surface area contributed by atoms with Gasteiger partial charge in [0.2, 0.25) is 0 Å². The van der Waals surface area contributed by atoms with Gasteiger partial charge >= 0.3 is 5.97 Å². The van der Waals surface area contributed by atoms with E-state index >= 15 is 0 Å². The predicted octanol–water partition coefficient (Wildman–Crippen LogP) is 5.77. The maximum Gasteiger partial charge on any atom is 0.328 e. The van der Waals surface area contributed by atoms with E-state index in [0.717, 1.165) is 56.3 Å². The second-order valence-electron chi connectivity index (χ2n) is 9.42. The Labute approximate surface area is 253 Å². The van der Waals surface area contributed by atoms with Crippen molar-refractivity contribution in [1.82, 2.24) is 14.9 Å². The Morgan fingerprint density at radius 1 is 1.12 bits per heavy atom. The number of nitrogens with zero attached hydrogens (tertiary/aromatic N) is 3. The summed E-state index contributed by atoms with van der Waals surface area (Å²) >= 11 is 5.90. The second-order valence-corrected chi connectivity index (χ2v) is 9.82. The summed E-state index contributed by atoms with van der Waals surface area (Å²) < 4.78 is 30.4. The fraction of sp³-hybridized carbons (Fsp3) is 0.258. The average Bonchev–Trinajstić information content (AvgIpc) is 3.01. The number of phenols is 1. The quantitative estimate of drug-likeness (QED) is 0.151. The van der Waals surface area contributed by atoms with E-state index in [0.29, 0.717) is 35.1 Å². The minimum Gasteiger partial charge on any atom is -0.508 e. The van der Waals surface area contributed by atoms with Gasteiger partial charge in [-0.15, -0.1) is 0 Å². The van der Waals surface area contributed by atoms with Gasteiger partial charge in [-0.05, 0) is 54.5 Å². The van der Waals surface area contributed by atoms with Crippen LogP contribution in [0.5, 0.6) is 17.2 Å². The third-order valence-corrected chi connectivity index (χ3v) is 6.68. The highest BCUT2D eigenvalue weighted by Crippen LogP contribution is 2.35. The molecule has 0 atom stereocenters. The molecule has 1 saturated heterocycles. The number of rotatable bonds is 10. The lowest BCUT2D eigenvalue weighted by Crippen LogP contribution is -2.37. The molecule has 1 fully saturated rings. The number of hydrogen-bond donors (Lipinski definition) is 3. The Bertz CT molecular complexity index is 1550. The number of halogens is 2. The van der Waals surface area contributed by atoms with Crippen LogP contribution in [-0.2, 0) is 9.53 Å². The molecular formula is C31H32ClFN4O6. The largest absolute Gasteiger partial charge is 0.508 e. The number of benzene rings is 3. The fourth-order valence-electron chi connectivity index (χ4n) is 4.19. The Morgan fingerprint density at radius 3 is 2.58 bits per heavy atom. The Morgan fingerprint density at radius 2 is 1.88 bits per heavy atom. The van der Waals surface area contributed by atoms with Gasteiger partial charge in [0.05, 0.1) is 37.5 Å². The van der Waals surface area contributed by atoms with Crippen molar-refractivity contribution in [2.24, 2.45) is 0 Å². The van der Waals surface area contributed by atoms with Gasteiger partial charge in [0.1, 0.15) is 23.7 Å². The van der Waals surface area contributed by atoms with Gasteiger partial charge in [-0.25, -0.2) is 19.2 Å². The number of fused-ring (bicyclic) bond motifs is 1. The van der Waals surface area contributed by atoms with Crippen LogP contribution < -0.4 is 14.8 Å². The highest BCUT2D eigenvalue weighted by atomic mass is 35.5.